The van der Waals surface area contributed by atoms with E-state index in [0.717, 1.165) is 19.3 Å². The Balaban J connectivity index is 2.88. The average Bonchev–Trinajstić information content (AvgIpc) is 2.20. The first-order valence-corrected chi connectivity index (χ1v) is 6.55. The second-order valence-electron chi connectivity index (χ2n) is 3.40. The van der Waals surface area contributed by atoms with E-state index in [4.69, 9.17) is 0 Å². The highest BCUT2D eigenvalue weighted by atomic mass is 79.9. The smallest absolute Gasteiger partial charge is 0.137 e. The van der Waals surface area contributed by atoms with Gasteiger partial charge in [0.1, 0.15) is 11.6 Å². The van der Waals surface area contributed by atoms with Crippen LogP contribution >= 0.6 is 31.9 Å². The highest BCUT2D eigenvalue weighted by Gasteiger charge is 2.15. The van der Waals surface area contributed by atoms with Gasteiger partial charge in [0.25, 0.3) is 0 Å². The predicted molar refractivity (Wildman–Crippen MR) is 65.3 cm³/mol. The number of unbranched alkanes of at least 4 members (excludes halogenated alkanes) is 1. The van der Waals surface area contributed by atoms with Crippen molar-refractivity contribution in [2.75, 3.05) is 0 Å². The van der Waals surface area contributed by atoms with Crippen LogP contribution in [0.3, 0.4) is 0 Å². The molecule has 0 fully saturated rings. The molecule has 0 aliphatic rings. The van der Waals surface area contributed by atoms with Gasteiger partial charge in [0, 0.05) is 10.4 Å². The summed E-state index contributed by atoms with van der Waals surface area (Å²) in [7, 11) is 0. The summed E-state index contributed by atoms with van der Waals surface area (Å²) < 4.78 is 26.9. The Kier molecular flexibility index (Phi) is 5.19. The van der Waals surface area contributed by atoms with E-state index >= 15 is 0 Å². The molecule has 1 aromatic carbocycles. The van der Waals surface area contributed by atoms with Crippen LogP contribution in [0.15, 0.2) is 16.6 Å². The minimum absolute atomic E-state index is 0.111. The molecule has 1 aromatic rings. The zero-order chi connectivity index (χ0) is 11.4. The second-order valence-corrected chi connectivity index (χ2v) is 5.36. The molecule has 0 amide bonds. The summed E-state index contributed by atoms with van der Waals surface area (Å²) in [5.74, 6) is -0.798. The van der Waals surface area contributed by atoms with Gasteiger partial charge in [0.2, 0.25) is 0 Å². The number of rotatable bonds is 4. The van der Waals surface area contributed by atoms with Crippen LogP contribution < -0.4 is 0 Å². The number of hydrogen-bond donors (Lipinski definition) is 0. The molecular formula is C11H12Br2F2. The Hall–Kier alpha value is 0.0400. The molecule has 0 aliphatic carbocycles. The van der Waals surface area contributed by atoms with E-state index < -0.39 is 5.82 Å². The normalized spacial score (nSPS) is 12.9. The maximum absolute atomic E-state index is 13.5. The third kappa shape index (κ3) is 3.52. The molecule has 84 valence electrons. The molecule has 0 N–H and O–H groups in total. The molecule has 0 nitrogen and oxygen atoms in total. The highest BCUT2D eigenvalue weighted by Crippen LogP contribution is 2.32. The summed E-state index contributed by atoms with van der Waals surface area (Å²) in [6.07, 6.45) is 2.85. The summed E-state index contributed by atoms with van der Waals surface area (Å²) in [6, 6.07) is 2.42. The van der Waals surface area contributed by atoms with Gasteiger partial charge in [-0.25, -0.2) is 8.78 Å². The van der Waals surface area contributed by atoms with Gasteiger partial charge >= 0.3 is 0 Å². The second kappa shape index (κ2) is 5.94. The Morgan fingerprint density at radius 2 is 1.93 bits per heavy atom. The Morgan fingerprint density at radius 1 is 1.27 bits per heavy atom. The average molecular weight is 342 g/mol. The Bertz CT molecular complexity index is 340. The van der Waals surface area contributed by atoms with Crippen molar-refractivity contribution >= 4 is 31.9 Å². The fraction of sp³-hybridized carbons (Fsp3) is 0.455. The van der Waals surface area contributed by atoms with Crippen LogP contribution in [0.4, 0.5) is 8.78 Å². The lowest BCUT2D eigenvalue weighted by molar-refractivity contribution is 0.572. The topological polar surface area (TPSA) is 0 Å². The van der Waals surface area contributed by atoms with Gasteiger partial charge < -0.3 is 0 Å². The van der Waals surface area contributed by atoms with E-state index in [-0.39, 0.29) is 15.1 Å². The number of alkyl halides is 1. The van der Waals surface area contributed by atoms with E-state index in [1.54, 1.807) is 0 Å². The van der Waals surface area contributed by atoms with Gasteiger partial charge in [-0.15, -0.1) is 0 Å². The predicted octanol–water partition coefficient (Wildman–Crippen LogP) is 5.35. The van der Waals surface area contributed by atoms with Crippen molar-refractivity contribution in [1.29, 1.82) is 0 Å². The fourth-order valence-corrected chi connectivity index (χ4v) is 2.31. The zero-order valence-corrected chi connectivity index (χ0v) is 11.5. The molecule has 0 heterocycles. The largest absolute Gasteiger partial charge is 0.207 e. The van der Waals surface area contributed by atoms with Crippen LogP contribution in [0.2, 0.25) is 0 Å². The van der Waals surface area contributed by atoms with E-state index in [2.05, 4.69) is 38.8 Å². The van der Waals surface area contributed by atoms with Crippen LogP contribution in [0, 0.1) is 11.6 Å². The lowest BCUT2D eigenvalue weighted by Gasteiger charge is -2.11. The quantitative estimate of drug-likeness (QED) is 0.511. The maximum atomic E-state index is 13.5. The van der Waals surface area contributed by atoms with E-state index in [0.29, 0.717) is 5.56 Å². The first-order valence-electron chi connectivity index (χ1n) is 4.84. The fourth-order valence-electron chi connectivity index (χ4n) is 1.32. The van der Waals surface area contributed by atoms with E-state index in [1.165, 1.54) is 12.1 Å². The number of halogens is 4. The molecule has 0 radical (unpaired) electrons. The van der Waals surface area contributed by atoms with Crippen molar-refractivity contribution in [3.63, 3.8) is 0 Å². The molecule has 1 rings (SSSR count). The summed E-state index contributed by atoms with van der Waals surface area (Å²) in [5.41, 5.74) is 0.393. The van der Waals surface area contributed by atoms with Crippen molar-refractivity contribution in [2.45, 2.75) is 31.0 Å². The lowest BCUT2D eigenvalue weighted by Crippen LogP contribution is -1.96. The number of hydrogen-bond acceptors (Lipinski definition) is 0. The monoisotopic (exact) mass is 340 g/mol. The standard InChI is InChI=1S/C11H12Br2F2/c1-2-3-4-8(12)7-5-11(15)9(13)6-10(7)14/h5-6,8H,2-4H2,1H3. The van der Waals surface area contributed by atoms with Crippen LogP contribution in [-0.2, 0) is 0 Å². The first-order chi connectivity index (χ1) is 7.06. The molecule has 0 aromatic heterocycles. The van der Waals surface area contributed by atoms with Crippen LogP contribution in [-0.4, -0.2) is 0 Å². The van der Waals surface area contributed by atoms with Crippen LogP contribution in [0.5, 0.6) is 0 Å². The van der Waals surface area contributed by atoms with Crippen molar-refractivity contribution in [2.24, 2.45) is 0 Å². The van der Waals surface area contributed by atoms with Crippen molar-refractivity contribution < 1.29 is 8.78 Å². The van der Waals surface area contributed by atoms with Gasteiger partial charge in [0.15, 0.2) is 0 Å². The molecule has 0 saturated carbocycles. The summed E-state index contributed by atoms with van der Waals surface area (Å²) in [5, 5.41) is 0. The Morgan fingerprint density at radius 3 is 2.53 bits per heavy atom. The molecule has 0 saturated heterocycles. The lowest BCUT2D eigenvalue weighted by atomic mass is 10.1. The van der Waals surface area contributed by atoms with Crippen molar-refractivity contribution in [3.8, 4) is 0 Å². The van der Waals surface area contributed by atoms with Crippen LogP contribution in [0.25, 0.3) is 0 Å². The molecule has 15 heavy (non-hydrogen) atoms. The van der Waals surface area contributed by atoms with Crippen molar-refractivity contribution in [3.05, 3.63) is 33.8 Å². The minimum atomic E-state index is -0.424. The van der Waals surface area contributed by atoms with Gasteiger partial charge in [-0.05, 0) is 34.5 Å². The number of benzene rings is 1. The van der Waals surface area contributed by atoms with E-state index in [1.807, 2.05) is 0 Å². The van der Waals surface area contributed by atoms with Gasteiger partial charge in [-0.2, -0.15) is 0 Å². The Labute approximate surface area is 105 Å². The van der Waals surface area contributed by atoms with Crippen LogP contribution in [0.1, 0.15) is 36.6 Å². The third-order valence-corrected chi connectivity index (χ3v) is 3.75. The summed E-state index contributed by atoms with van der Waals surface area (Å²) >= 11 is 6.33. The molecule has 4 heteroatoms. The molecule has 0 spiro atoms. The zero-order valence-electron chi connectivity index (χ0n) is 8.37. The molecule has 0 aliphatic heterocycles. The summed E-state index contributed by atoms with van der Waals surface area (Å²) in [6.45, 7) is 2.07. The van der Waals surface area contributed by atoms with Gasteiger partial charge in [0.05, 0.1) is 4.47 Å². The maximum Gasteiger partial charge on any atom is 0.137 e. The van der Waals surface area contributed by atoms with E-state index in [9.17, 15) is 8.78 Å². The van der Waals surface area contributed by atoms with Gasteiger partial charge in [-0.3, -0.25) is 0 Å². The molecule has 1 unspecified atom stereocenters. The molecule has 1 atom stereocenters. The van der Waals surface area contributed by atoms with Crippen molar-refractivity contribution in [1.82, 2.24) is 0 Å². The summed E-state index contributed by atoms with van der Waals surface area (Å²) in [4.78, 5) is -0.111. The molecule has 0 bridgehead atoms. The SMILES string of the molecule is CCCCC(Br)c1cc(F)c(Br)cc1F. The highest BCUT2D eigenvalue weighted by molar-refractivity contribution is 9.10. The molecular weight excluding hydrogens is 330 g/mol. The minimum Gasteiger partial charge on any atom is -0.207 e. The van der Waals surface area contributed by atoms with Gasteiger partial charge in [-0.1, -0.05) is 35.7 Å². The third-order valence-electron chi connectivity index (χ3n) is 2.19. The first kappa shape index (κ1) is 13.1.